The summed E-state index contributed by atoms with van der Waals surface area (Å²) in [5.41, 5.74) is 0.573. The summed E-state index contributed by atoms with van der Waals surface area (Å²) in [5.74, 6) is 0.233. The van der Waals surface area contributed by atoms with Crippen LogP contribution < -0.4 is 0 Å². The molecule has 0 N–H and O–H groups in total. The smallest absolute Gasteiger partial charge is 0.286 e. The quantitative estimate of drug-likeness (QED) is 0.774. The fourth-order valence-electron chi connectivity index (χ4n) is 1.70. The molecule has 0 fully saturated rings. The van der Waals surface area contributed by atoms with Gasteiger partial charge < -0.3 is 4.74 Å². The minimum absolute atomic E-state index is 0.233. The lowest BCUT2D eigenvalue weighted by molar-refractivity contribution is 0.296. The van der Waals surface area contributed by atoms with Gasteiger partial charge in [-0.2, -0.15) is 8.42 Å². The highest BCUT2D eigenvalue weighted by Gasteiger charge is 2.29. The van der Waals surface area contributed by atoms with Crippen LogP contribution in [-0.2, 0) is 14.8 Å². The van der Waals surface area contributed by atoms with Crippen molar-refractivity contribution in [2.45, 2.75) is 31.1 Å². The van der Waals surface area contributed by atoms with E-state index in [4.69, 9.17) is 4.74 Å². The molecule has 0 aromatic heterocycles. The van der Waals surface area contributed by atoms with Crippen LogP contribution in [0.15, 0.2) is 33.6 Å². The third kappa shape index (κ3) is 2.49. The Labute approximate surface area is 101 Å². The van der Waals surface area contributed by atoms with E-state index in [1.165, 1.54) is 0 Å². The van der Waals surface area contributed by atoms with Gasteiger partial charge in [-0.3, -0.25) is 0 Å². The number of benzene rings is 1. The summed E-state index contributed by atoms with van der Waals surface area (Å²) in [6.07, 6.45) is 3.09. The second-order valence-corrected chi connectivity index (χ2v) is 5.50. The van der Waals surface area contributed by atoms with Gasteiger partial charge in [-0.15, -0.1) is 4.40 Å². The van der Waals surface area contributed by atoms with Crippen LogP contribution in [0.25, 0.3) is 0 Å². The first-order chi connectivity index (χ1) is 8.15. The standard InChI is InChI=1S/C12H15NO3S/c1-2-3-6-9-16-12-10-7-4-5-8-11(10)17(14,15)13-12/h4-5,7-8H,2-3,6,9H2,1H3. The maximum absolute atomic E-state index is 11.7. The highest BCUT2D eigenvalue weighted by atomic mass is 32.2. The summed E-state index contributed by atoms with van der Waals surface area (Å²) in [6, 6.07) is 6.74. The first kappa shape index (κ1) is 12.1. The van der Waals surface area contributed by atoms with Gasteiger partial charge in [0, 0.05) is 0 Å². The number of unbranched alkanes of at least 4 members (excludes halogenated alkanes) is 2. The van der Waals surface area contributed by atoms with Crippen molar-refractivity contribution in [1.29, 1.82) is 0 Å². The molecule has 2 rings (SSSR count). The van der Waals surface area contributed by atoms with Gasteiger partial charge in [0.25, 0.3) is 10.0 Å². The molecule has 0 radical (unpaired) electrons. The number of hydrogen-bond acceptors (Lipinski definition) is 3. The Morgan fingerprint density at radius 1 is 1.24 bits per heavy atom. The number of ether oxygens (including phenoxy) is 1. The molecule has 0 saturated heterocycles. The fraction of sp³-hybridized carbons (Fsp3) is 0.417. The normalized spacial score (nSPS) is 16.4. The molecule has 0 saturated carbocycles. The van der Waals surface area contributed by atoms with Crippen molar-refractivity contribution in [1.82, 2.24) is 0 Å². The Morgan fingerprint density at radius 2 is 2.00 bits per heavy atom. The summed E-state index contributed by atoms with van der Waals surface area (Å²) in [6.45, 7) is 2.61. The molecule has 0 atom stereocenters. The Bertz CT molecular complexity index is 534. The van der Waals surface area contributed by atoms with Crippen molar-refractivity contribution in [2.24, 2.45) is 4.40 Å². The maximum atomic E-state index is 11.7. The molecule has 0 bridgehead atoms. The molecule has 0 unspecified atom stereocenters. The van der Waals surface area contributed by atoms with E-state index in [-0.39, 0.29) is 10.8 Å². The van der Waals surface area contributed by atoms with Gasteiger partial charge in [0.15, 0.2) is 0 Å². The molecule has 5 heteroatoms. The van der Waals surface area contributed by atoms with Crippen molar-refractivity contribution in [3.8, 4) is 0 Å². The molecule has 1 aromatic rings. The van der Waals surface area contributed by atoms with Crippen molar-refractivity contribution < 1.29 is 13.2 Å². The fourth-order valence-corrected chi connectivity index (χ4v) is 2.85. The Hall–Kier alpha value is -1.36. The number of nitrogens with zero attached hydrogens (tertiary/aromatic N) is 1. The summed E-state index contributed by atoms with van der Waals surface area (Å²) in [5, 5.41) is 0. The number of hydrogen-bond donors (Lipinski definition) is 0. The van der Waals surface area contributed by atoms with Crippen LogP contribution in [0, 0.1) is 0 Å². The molecule has 17 heavy (non-hydrogen) atoms. The zero-order valence-corrected chi connectivity index (χ0v) is 10.5. The highest BCUT2D eigenvalue weighted by Crippen LogP contribution is 2.26. The minimum Gasteiger partial charge on any atom is -0.477 e. The van der Waals surface area contributed by atoms with Crippen molar-refractivity contribution >= 4 is 15.9 Å². The van der Waals surface area contributed by atoms with E-state index in [2.05, 4.69) is 11.3 Å². The molecule has 4 nitrogen and oxygen atoms in total. The van der Waals surface area contributed by atoms with Crippen LogP contribution in [0.5, 0.6) is 0 Å². The number of sulfonamides is 1. The average molecular weight is 253 g/mol. The summed E-state index contributed by atoms with van der Waals surface area (Å²) < 4.78 is 32.5. The van der Waals surface area contributed by atoms with Crippen LogP contribution >= 0.6 is 0 Å². The Balaban J connectivity index is 2.15. The van der Waals surface area contributed by atoms with Gasteiger partial charge in [-0.05, 0) is 18.6 Å². The minimum atomic E-state index is -3.53. The van der Waals surface area contributed by atoms with Gasteiger partial charge in [0.2, 0.25) is 5.90 Å². The van der Waals surface area contributed by atoms with Crippen molar-refractivity contribution in [3.05, 3.63) is 29.8 Å². The summed E-state index contributed by atoms with van der Waals surface area (Å²) >= 11 is 0. The second-order valence-electron chi connectivity index (χ2n) is 3.92. The monoisotopic (exact) mass is 253 g/mol. The lowest BCUT2D eigenvalue weighted by Crippen LogP contribution is -2.05. The lowest BCUT2D eigenvalue weighted by Gasteiger charge is -2.04. The zero-order chi connectivity index (χ0) is 12.3. The van der Waals surface area contributed by atoms with Gasteiger partial charge in [0.05, 0.1) is 12.2 Å². The van der Waals surface area contributed by atoms with Gasteiger partial charge in [-0.25, -0.2) is 0 Å². The van der Waals surface area contributed by atoms with Crippen LogP contribution in [0.3, 0.4) is 0 Å². The van der Waals surface area contributed by atoms with E-state index in [9.17, 15) is 8.42 Å². The number of rotatable bonds is 4. The predicted octanol–water partition coefficient (Wildman–Crippen LogP) is 2.34. The van der Waals surface area contributed by atoms with E-state index >= 15 is 0 Å². The molecular weight excluding hydrogens is 238 g/mol. The molecule has 0 aliphatic carbocycles. The van der Waals surface area contributed by atoms with E-state index in [1.807, 2.05) is 0 Å². The molecule has 1 aromatic carbocycles. The third-order valence-corrected chi connectivity index (χ3v) is 3.90. The predicted molar refractivity (Wildman–Crippen MR) is 65.6 cm³/mol. The van der Waals surface area contributed by atoms with Crippen molar-refractivity contribution in [2.75, 3.05) is 6.61 Å². The van der Waals surface area contributed by atoms with Gasteiger partial charge in [0.1, 0.15) is 4.90 Å². The largest absolute Gasteiger partial charge is 0.477 e. The molecule has 0 spiro atoms. The molecule has 1 aliphatic heterocycles. The average Bonchev–Trinajstić information content (AvgIpc) is 2.58. The van der Waals surface area contributed by atoms with Gasteiger partial charge >= 0.3 is 0 Å². The van der Waals surface area contributed by atoms with Crippen LogP contribution in [-0.4, -0.2) is 20.9 Å². The van der Waals surface area contributed by atoms with Gasteiger partial charge in [-0.1, -0.05) is 31.9 Å². The van der Waals surface area contributed by atoms with E-state index < -0.39 is 10.0 Å². The third-order valence-electron chi connectivity index (χ3n) is 2.59. The molecule has 1 aliphatic rings. The summed E-state index contributed by atoms with van der Waals surface area (Å²) in [7, 11) is -3.53. The lowest BCUT2D eigenvalue weighted by atomic mass is 10.2. The van der Waals surface area contributed by atoms with E-state index in [1.54, 1.807) is 24.3 Å². The van der Waals surface area contributed by atoms with E-state index in [0.717, 1.165) is 19.3 Å². The zero-order valence-electron chi connectivity index (χ0n) is 9.72. The molecule has 0 amide bonds. The molecule has 1 heterocycles. The molecule has 92 valence electrons. The Kier molecular flexibility index (Phi) is 3.47. The SMILES string of the molecule is CCCCCOC1=NS(=O)(=O)c2ccccc21. The highest BCUT2D eigenvalue weighted by molar-refractivity contribution is 7.90. The van der Waals surface area contributed by atoms with Crippen LogP contribution in [0.2, 0.25) is 0 Å². The van der Waals surface area contributed by atoms with Crippen LogP contribution in [0.4, 0.5) is 0 Å². The number of fused-ring (bicyclic) bond motifs is 1. The maximum Gasteiger partial charge on any atom is 0.286 e. The van der Waals surface area contributed by atoms with E-state index in [0.29, 0.717) is 12.2 Å². The summed E-state index contributed by atoms with van der Waals surface area (Å²) in [4.78, 5) is 0.241. The second kappa shape index (κ2) is 4.87. The van der Waals surface area contributed by atoms with Crippen LogP contribution in [0.1, 0.15) is 31.7 Å². The first-order valence-corrected chi connectivity index (χ1v) is 7.16. The Morgan fingerprint density at radius 3 is 2.76 bits per heavy atom. The topological polar surface area (TPSA) is 55.7 Å². The molecular formula is C12H15NO3S. The van der Waals surface area contributed by atoms with Crippen molar-refractivity contribution in [3.63, 3.8) is 0 Å². The first-order valence-electron chi connectivity index (χ1n) is 5.72.